The molecule has 1 aromatic heterocycles. The van der Waals surface area contributed by atoms with Crippen LogP contribution in [0.15, 0.2) is 42.5 Å². The molecule has 0 bridgehead atoms. The number of halogens is 1. The van der Waals surface area contributed by atoms with Crippen LogP contribution in [0.25, 0.3) is 5.69 Å². The summed E-state index contributed by atoms with van der Waals surface area (Å²) in [7, 11) is 0. The monoisotopic (exact) mass is 527 g/mol. The highest BCUT2D eigenvalue weighted by atomic mass is 19.1. The van der Waals surface area contributed by atoms with Crippen LogP contribution in [0.2, 0.25) is 0 Å². The summed E-state index contributed by atoms with van der Waals surface area (Å²) in [4.78, 5) is 24.1. The lowest BCUT2D eigenvalue weighted by molar-refractivity contribution is -0.139. The number of benzene rings is 2. The smallest absolute Gasteiger partial charge is 0.305 e. The van der Waals surface area contributed by atoms with Gasteiger partial charge in [-0.15, -0.1) is 0 Å². The Labute approximate surface area is 220 Å². The molecule has 1 heterocycles. The molecule has 0 fully saturated rings. The van der Waals surface area contributed by atoms with Crippen LogP contribution in [-0.2, 0) is 11.3 Å². The largest absolute Gasteiger partial charge is 0.481 e. The molecule has 0 unspecified atom stereocenters. The minimum Gasteiger partial charge on any atom is -0.481 e. The standard InChI is InChI=1S/C28H34FN3O6/c1-16(2)25-26(27(37)30-14-19-10-17(3)9-18(4)11-19)31-32(21-7-5-20(29)6-8-21)28(25)38-15-23(34)12-22(33)13-24(35)36/h5-11,16,22-23,33-34H,12-15H2,1-4H3,(H,30,37)(H,35,36)/t22-,23+/m1/s1. The van der Waals surface area contributed by atoms with Gasteiger partial charge < -0.3 is 25.4 Å². The Kier molecular flexibility index (Phi) is 9.60. The zero-order valence-electron chi connectivity index (χ0n) is 21.9. The molecule has 38 heavy (non-hydrogen) atoms. The van der Waals surface area contributed by atoms with Gasteiger partial charge in [-0.2, -0.15) is 5.10 Å². The van der Waals surface area contributed by atoms with Crippen LogP contribution in [0.4, 0.5) is 4.39 Å². The van der Waals surface area contributed by atoms with Crippen LogP contribution in [0, 0.1) is 19.7 Å². The SMILES string of the molecule is Cc1cc(C)cc(CNC(=O)c2nn(-c3ccc(F)cc3)c(OC[C@@H](O)C[C@@H](O)CC(=O)O)c2C(C)C)c1. The van der Waals surface area contributed by atoms with E-state index >= 15 is 0 Å². The van der Waals surface area contributed by atoms with E-state index in [9.17, 15) is 24.2 Å². The average molecular weight is 528 g/mol. The third kappa shape index (κ3) is 7.62. The van der Waals surface area contributed by atoms with Crippen LogP contribution < -0.4 is 10.1 Å². The van der Waals surface area contributed by atoms with Crippen LogP contribution in [0.1, 0.15) is 65.3 Å². The lowest BCUT2D eigenvalue weighted by atomic mass is 10.0. The number of rotatable bonds is 12. The number of ether oxygens (including phenoxy) is 1. The zero-order chi connectivity index (χ0) is 28.0. The van der Waals surface area contributed by atoms with Crippen molar-refractivity contribution in [2.75, 3.05) is 6.61 Å². The fourth-order valence-corrected chi connectivity index (χ4v) is 4.28. The summed E-state index contributed by atoms with van der Waals surface area (Å²) in [6.45, 7) is 7.71. The van der Waals surface area contributed by atoms with Crippen molar-refractivity contribution in [3.8, 4) is 11.6 Å². The molecule has 3 rings (SSSR count). The molecular weight excluding hydrogens is 493 g/mol. The molecule has 0 saturated heterocycles. The van der Waals surface area contributed by atoms with Crippen LogP contribution >= 0.6 is 0 Å². The van der Waals surface area contributed by atoms with Crippen LogP contribution in [0.3, 0.4) is 0 Å². The third-order valence-corrected chi connectivity index (χ3v) is 5.84. The average Bonchev–Trinajstić information content (AvgIpc) is 3.20. The second-order valence-corrected chi connectivity index (χ2v) is 9.74. The molecule has 0 saturated carbocycles. The van der Waals surface area contributed by atoms with Crippen molar-refractivity contribution in [3.05, 3.63) is 76.2 Å². The number of aliphatic carboxylic acids is 1. The van der Waals surface area contributed by atoms with Crippen LogP contribution in [0.5, 0.6) is 5.88 Å². The maximum absolute atomic E-state index is 13.6. The highest BCUT2D eigenvalue weighted by Gasteiger charge is 2.28. The number of aliphatic hydroxyl groups is 2. The second-order valence-electron chi connectivity index (χ2n) is 9.74. The van der Waals surface area contributed by atoms with E-state index in [1.165, 1.54) is 28.9 Å². The summed E-state index contributed by atoms with van der Waals surface area (Å²) in [6, 6.07) is 11.5. The third-order valence-electron chi connectivity index (χ3n) is 5.84. The molecule has 204 valence electrons. The van der Waals surface area contributed by atoms with E-state index in [1.54, 1.807) is 0 Å². The number of carbonyl (C=O) groups is 2. The Morgan fingerprint density at radius 1 is 1.05 bits per heavy atom. The Morgan fingerprint density at radius 3 is 2.26 bits per heavy atom. The molecule has 10 heteroatoms. The van der Waals surface area contributed by atoms with Crippen molar-refractivity contribution in [3.63, 3.8) is 0 Å². The van der Waals surface area contributed by atoms with Gasteiger partial charge >= 0.3 is 5.97 Å². The predicted molar refractivity (Wildman–Crippen MR) is 139 cm³/mol. The van der Waals surface area contributed by atoms with Crippen molar-refractivity contribution in [1.82, 2.24) is 15.1 Å². The number of aromatic nitrogens is 2. The van der Waals surface area contributed by atoms with Crippen LogP contribution in [-0.4, -0.2) is 55.8 Å². The van der Waals surface area contributed by atoms with Gasteiger partial charge in [0.2, 0.25) is 5.88 Å². The van der Waals surface area contributed by atoms with E-state index in [0.717, 1.165) is 16.7 Å². The molecule has 0 aliphatic rings. The first kappa shape index (κ1) is 28.8. The lowest BCUT2D eigenvalue weighted by Crippen LogP contribution is -2.26. The lowest BCUT2D eigenvalue weighted by Gasteiger charge is -2.17. The highest BCUT2D eigenvalue weighted by molar-refractivity contribution is 5.94. The minimum absolute atomic E-state index is 0.129. The van der Waals surface area contributed by atoms with Crippen molar-refractivity contribution in [2.45, 2.75) is 65.2 Å². The number of aliphatic hydroxyl groups excluding tert-OH is 2. The number of carboxylic acids is 1. The summed E-state index contributed by atoms with van der Waals surface area (Å²) >= 11 is 0. The van der Waals surface area contributed by atoms with Crippen molar-refractivity contribution in [2.24, 2.45) is 0 Å². The number of amides is 1. The number of nitrogens with one attached hydrogen (secondary N) is 1. The number of aryl methyl sites for hydroxylation is 2. The molecule has 2 atom stereocenters. The first-order valence-electron chi connectivity index (χ1n) is 12.4. The molecule has 0 spiro atoms. The molecule has 9 nitrogen and oxygen atoms in total. The highest BCUT2D eigenvalue weighted by Crippen LogP contribution is 2.33. The first-order valence-corrected chi connectivity index (χ1v) is 12.4. The van der Waals surface area contributed by atoms with E-state index in [2.05, 4.69) is 10.4 Å². The Hall–Kier alpha value is -3.76. The van der Waals surface area contributed by atoms with Gasteiger partial charge in [0.15, 0.2) is 5.69 Å². The summed E-state index contributed by atoms with van der Waals surface area (Å²) in [5, 5.41) is 36.5. The first-order chi connectivity index (χ1) is 17.9. The second kappa shape index (κ2) is 12.7. The topological polar surface area (TPSA) is 134 Å². The Balaban J connectivity index is 1.91. The van der Waals surface area contributed by atoms with Gasteiger partial charge in [0.25, 0.3) is 5.91 Å². The minimum atomic E-state index is -1.25. The van der Waals surface area contributed by atoms with E-state index in [-0.39, 0.29) is 30.5 Å². The van der Waals surface area contributed by atoms with Crippen molar-refractivity contribution >= 4 is 11.9 Å². The Morgan fingerprint density at radius 2 is 1.68 bits per heavy atom. The molecule has 4 N–H and O–H groups in total. The van der Waals surface area contributed by atoms with E-state index in [1.807, 2.05) is 45.9 Å². The predicted octanol–water partition coefficient (Wildman–Crippen LogP) is 3.65. The van der Waals surface area contributed by atoms with Crippen molar-refractivity contribution in [1.29, 1.82) is 0 Å². The molecule has 0 aliphatic carbocycles. The molecule has 1 amide bonds. The normalized spacial score (nSPS) is 12.8. The maximum Gasteiger partial charge on any atom is 0.305 e. The van der Waals surface area contributed by atoms with Gasteiger partial charge in [-0.25, -0.2) is 9.07 Å². The molecule has 0 radical (unpaired) electrons. The number of hydrogen-bond donors (Lipinski definition) is 4. The van der Waals surface area contributed by atoms with E-state index in [4.69, 9.17) is 9.84 Å². The van der Waals surface area contributed by atoms with Gasteiger partial charge in [-0.3, -0.25) is 9.59 Å². The zero-order valence-corrected chi connectivity index (χ0v) is 21.9. The quantitative estimate of drug-likeness (QED) is 0.283. The van der Waals surface area contributed by atoms with Crippen molar-refractivity contribution < 1.29 is 34.0 Å². The van der Waals surface area contributed by atoms with Gasteiger partial charge in [-0.05, 0) is 49.6 Å². The number of carboxylic acid groups (broad SMARTS) is 1. The van der Waals surface area contributed by atoms with E-state index in [0.29, 0.717) is 17.8 Å². The molecule has 2 aromatic carbocycles. The summed E-state index contributed by atoms with van der Waals surface area (Å²) < 4.78 is 20.9. The molecule has 0 aliphatic heterocycles. The van der Waals surface area contributed by atoms with Gasteiger partial charge in [0.1, 0.15) is 12.4 Å². The summed E-state index contributed by atoms with van der Waals surface area (Å²) in [5.74, 6) is -2.07. The van der Waals surface area contributed by atoms with Gasteiger partial charge in [0, 0.05) is 18.5 Å². The number of hydrogen-bond acceptors (Lipinski definition) is 6. The van der Waals surface area contributed by atoms with E-state index < -0.39 is 36.3 Å². The fourth-order valence-electron chi connectivity index (χ4n) is 4.28. The molecule has 3 aromatic rings. The fraction of sp³-hybridized carbons (Fsp3) is 0.393. The summed E-state index contributed by atoms with van der Waals surface area (Å²) in [6.07, 6.45) is -3.14. The molecular formula is C28H34FN3O6. The van der Waals surface area contributed by atoms with Gasteiger partial charge in [0.05, 0.1) is 24.3 Å². The Bertz CT molecular complexity index is 1250. The maximum atomic E-state index is 13.6. The van der Waals surface area contributed by atoms with Gasteiger partial charge in [-0.1, -0.05) is 43.2 Å². The number of carbonyl (C=O) groups excluding carboxylic acids is 1. The summed E-state index contributed by atoms with van der Waals surface area (Å²) in [5.41, 5.74) is 4.17. The number of nitrogens with zero attached hydrogens (tertiary/aromatic N) is 2.